The normalized spacial score (nSPS) is 14.6. The van der Waals surface area contributed by atoms with Crippen LogP contribution in [0.3, 0.4) is 0 Å². The molecule has 0 spiro atoms. The Labute approximate surface area is 139 Å². The van der Waals surface area contributed by atoms with Gasteiger partial charge in [0.25, 0.3) is 0 Å². The van der Waals surface area contributed by atoms with Gasteiger partial charge < -0.3 is 5.73 Å². The van der Waals surface area contributed by atoms with E-state index in [4.69, 9.17) is 17.3 Å². The first kappa shape index (κ1) is 17.1. The maximum atomic E-state index is 6.24. The summed E-state index contributed by atoms with van der Waals surface area (Å²) in [5.41, 5.74) is 10.3. The third-order valence-corrected chi connectivity index (χ3v) is 4.46. The largest absolute Gasteiger partial charge is 0.327 e. The molecule has 2 rings (SSSR count). The highest BCUT2D eigenvalue weighted by atomic mass is 35.5. The highest BCUT2D eigenvalue weighted by molar-refractivity contribution is 6.30. The van der Waals surface area contributed by atoms with Crippen molar-refractivity contribution in [1.82, 2.24) is 0 Å². The molecule has 0 radical (unpaired) electrons. The van der Waals surface area contributed by atoms with Gasteiger partial charge in [-0.25, -0.2) is 0 Å². The number of halogens is 1. The van der Waals surface area contributed by atoms with Gasteiger partial charge in [0.15, 0.2) is 0 Å². The fourth-order valence-electron chi connectivity index (χ4n) is 2.71. The molecule has 0 bridgehead atoms. The van der Waals surface area contributed by atoms with Crippen molar-refractivity contribution in [3.8, 4) is 0 Å². The minimum atomic E-state index is 0.108. The minimum Gasteiger partial charge on any atom is -0.327 e. The van der Waals surface area contributed by atoms with Crippen molar-refractivity contribution in [2.45, 2.75) is 51.5 Å². The molecule has 2 aromatic rings. The zero-order valence-electron chi connectivity index (χ0n) is 13.9. The molecule has 2 aromatic carbocycles. The van der Waals surface area contributed by atoms with Gasteiger partial charge in [-0.05, 0) is 47.6 Å². The second-order valence-electron chi connectivity index (χ2n) is 7.17. The van der Waals surface area contributed by atoms with E-state index < -0.39 is 0 Å². The van der Waals surface area contributed by atoms with Crippen LogP contribution in [0.25, 0.3) is 0 Å². The molecule has 2 atom stereocenters. The van der Waals surface area contributed by atoms with Gasteiger partial charge in [-0.3, -0.25) is 0 Å². The van der Waals surface area contributed by atoms with E-state index in [0.29, 0.717) is 5.92 Å². The Morgan fingerprint density at radius 2 is 1.50 bits per heavy atom. The average molecular weight is 316 g/mol. The zero-order valence-corrected chi connectivity index (χ0v) is 14.7. The van der Waals surface area contributed by atoms with Gasteiger partial charge in [-0.1, -0.05) is 68.8 Å². The Hall–Kier alpha value is -1.31. The first-order valence-corrected chi connectivity index (χ1v) is 8.25. The third-order valence-electron chi connectivity index (χ3n) is 4.21. The van der Waals surface area contributed by atoms with Crippen LogP contribution in [0.15, 0.2) is 48.5 Å². The summed E-state index contributed by atoms with van der Waals surface area (Å²) in [5.74, 6) is 0.315. The summed E-state index contributed by atoms with van der Waals surface area (Å²) in [7, 11) is 0. The average Bonchev–Trinajstić information content (AvgIpc) is 2.45. The molecule has 0 aliphatic carbocycles. The van der Waals surface area contributed by atoms with Gasteiger partial charge in [-0.2, -0.15) is 0 Å². The zero-order chi connectivity index (χ0) is 16.3. The van der Waals surface area contributed by atoms with E-state index in [2.05, 4.69) is 64.1 Å². The van der Waals surface area contributed by atoms with E-state index in [1.54, 1.807) is 0 Å². The molecule has 22 heavy (non-hydrogen) atoms. The lowest BCUT2D eigenvalue weighted by molar-refractivity contribution is 0.561. The van der Waals surface area contributed by atoms with Crippen molar-refractivity contribution < 1.29 is 0 Å². The van der Waals surface area contributed by atoms with E-state index in [0.717, 1.165) is 11.4 Å². The van der Waals surface area contributed by atoms with Crippen LogP contribution in [0.4, 0.5) is 0 Å². The Balaban J connectivity index is 2.22. The Morgan fingerprint density at radius 1 is 0.955 bits per heavy atom. The second kappa shape index (κ2) is 6.85. The Morgan fingerprint density at radius 3 is 1.95 bits per heavy atom. The topological polar surface area (TPSA) is 26.0 Å². The van der Waals surface area contributed by atoms with Crippen LogP contribution in [0, 0.1) is 0 Å². The number of rotatable bonds is 4. The van der Waals surface area contributed by atoms with Crippen LogP contribution in [0.2, 0.25) is 5.02 Å². The summed E-state index contributed by atoms with van der Waals surface area (Å²) in [6.07, 6.45) is 0.934. The van der Waals surface area contributed by atoms with Crippen molar-refractivity contribution in [1.29, 1.82) is 0 Å². The second-order valence-corrected chi connectivity index (χ2v) is 7.60. The number of hydrogen-bond donors (Lipinski definition) is 1. The number of nitrogens with two attached hydrogens (primary N) is 1. The highest BCUT2D eigenvalue weighted by Gasteiger charge is 2.19. The van der Waals surface area contributed by atoms with E-state index in [9.17, 15) is 0 Å². The number of benzene rings is 2. The summed E-state index contributed by atoms with van der Waals surface area (Å²) in [6.45, 7) is 8.79. The van der Waals surface area contributed by atoms with Crippen LogP contribution in [-0.2, 0) is 11.8 Å². The molecule has 2 N–H and O–H groups in total. The van der Waals surface area contributed by atoms with E-state index in [1.807, 2.05) is 12.1 Å². The van der Waals surface area contributed by atoms with Crippen molar-refractivity contribution in [3.63, 3.8) is 0 Å². The standard InChI is InChI=1S/C20H26ClN/c1-14(22)19(13-15-5-11-18(21)12-6-15)16-7-9-17(10-8-16)20(2,3)4/h5-12,14,19H,13,22H2,1-4H3. The van der Waals surface area contributed by atoms with Crippen molar-refractivity contribution in [2.75, 3.05) is 0 Å². The van der Waals surface area contributed by atoms with E-state index >= 15 is 0 Å². The summed E-state index contributed by atoms with van der Waals surface area (Å²) in [5, 5.41) is 0.774. The van der Waals surface area contributed by atoms with Gasteiger partial charge in [-0.15, -0.1) is 0 Å². The molecule has 0 aromatic heterocycles. The first-order valence-electron chi connectivity index (χ1n) is 7.88. The van der Waals surface area contributed by atoms with Crippen LogP contribution >= 0.6 is 11.6 Å². The van der Waals surface area contributed by atoms with Crippen molar-refractivity contribution in [2.24, 2.45) is 5.73 Å². The molecule has 118 valence electrons. The maximum absolute atomic E-state index is 6.24. The molecule has 2 unspecified atom stereocenters. The first-order chi connectivity index (χ1) is 10.3. The van der Waals surface area contributed by atoms with Crippen LogP contribution < -0.4 is 5.73 Å². The lowest BCUT2D eigenvalue weighted by atomic mass is 9.83. The third kappa shape index (κ3) is 4.34. The van der Waals surface area contributed by atoms with Gasteiger partial charge in [0.2, 0.25) is 0 Å². The lowest BCUT2D eigenvalue weighted by Crippen LogP contribution is -2.26. The molecule has 1 nitrogen and oxygen atoms in total. The molecule has 0 aliphatic rings. The highest BCUT2D eigenvalue weighted by Crippen LogP contribution is 2.28. The lowest BCUT2D eigenvalue weighted by Gasteiger charge is -2.24. The quantitative estimate of drug-likeness (QED) is 0.812. The van der Waals surface area contributed by atoms with Gasteiger partial charge in [0, 0.05) is 17.0 Å². The van der Waals surface area contributed by atoms with Gasteiger partial charge >= 0.3 is 0 Å². The van der Waals surface area contributed by atoms with Crippen LogP contribution in [-0.4, -0.2) is 6.04 Å². The predicted molar refractivity (Wildman–Crippen MR) is 96.7 cm³/mol. The summed E-state index contributed by atoms with van der Waals surface area (Å²) < 4.78 is 0. The summed E-state index contributed by atoms with van der Waals surface area (Å²) >= 11 is 5.96. The van der Waals surface area contributed by atoms with E-state index in [1.165, 1.54) is 16.7 Å². The molecular weight excluding hydrogens is 290 g/mol. The minimum absolute atomic E-state index is 0.108. The molecule has 2 heteroatoms. The summed E-state index contributed by atoms with van der Waals surface area (Å²) in [6, 6.07) is 17.1. The maximum Gasteiger partial charge on any atom is 0.0406 e. The van der Waals surface area contributed by atoms with E-state index in [-0.39, 0.29) is 11.5 Å². The summed E-state index contributed by atoms with van der Waals surface area (Å²) in [4.78, 5) is 0. The molecule has 0 saturated carbocycles. The number of hydrogen-bond acceptors (Lipinski definition) is 1. The van der Waals surface area contributed by atoms with Gasteiger partial charge in [0.05, 0.1) is 0 Å². The monoisotopic (exact) mass is 315 g/mol. The fourth-order valence-corrected chi connectivity index (χ4v) is 2.84. The molecule has 0 fully saturated rings. The fraction of sp³-hybridized carbons (Fsp3) is 0.400. The van der Waals surface area contributed by atoms with Crippen molar-refractivity contribution in [3.05, 3.63) is 70.2 Å². The Bertz CT molecular complexity index is 591. The molecule has 0 saturated heterocycles. The van der Waals surface area contributed by atoms with Crippen LogP contribution in [0.1, 0.15) is 50.3 Å². The molecule has 0 amide bonds. The predicted octanol–water partition coefficient (Wildman–Crippen LogP) is 5.31. The van der Waals surface area contributed by atoms with Gasteiger partial charge in [0.1, 0.15) is 0 Å². The SMILES string of the molecule is CC(N)C(Cc1ccc(Cl)cc1)c1ccc(C(C)(C)C)cc1. The Kier molecular flexibility index (Phi) is 5.31. The molecular formula is C20H26ClN. The molecule has 0 aliphatic heterocycles. The molecule has 0 heterocycles. The smallest absolute Gasteiger partial charge is 0.0406 e. The van der Waals surface area contributed by atoms with Crippen molar-refractivity contribution >= 4 is 11.6 Å². The van der Waals surface area contributed by atoms with Crippen LogP contribution in [0.5, 0.6) is 0 Å².